The highest BCUT2D eigenvalue weighted by Crippen LogP contribution is 2.18. The molecule has 2 heterocycles. The second-order valence-electron chi connectivity index (χ2n) is 7.19. The Balaban J connectivity index is 1.49. The van der Waals surface area contributed by atoms with Crippen LogP contribution in [0.1, 0.15) is 43.7 Å². The number of rotatable bonds is 9. The monoisotopic (exact) mass is 376 g/mol. The van der Waals surface area contributed by atoms with Crippen LogP contribution in [0.15, 0.2) is 55.0 Å². The average molecular weight is 377 g/mol. The summed E-state index contributed by atoms with van der Waals surface area (Å²) in [6, 6.07) is 12.1. The topological polar surface area (TPSA) is 59.8 Å². The van der Waals surface area contributed by atoms with E-state index in [0.717, 1.165) is 23.1 Å². The predicted octanol–water partition coefficient (Wildman–Crippen LogP) is 4.79. The van der Waals surface area contributed by atoms with Crippen LogP contribution in [-0.4, -0.2) is 20.7 Å². The lowest BCUT2D eigenvalue weighted by molar-refractivity contribution is -0.115. The summed E-state index contributed by atoms with van der Waals surface area (Å²) in [5.74, 6) is 0.502. The fraction of sp³-hybridized carbons (Fsp3) is 0.348. The van der Waals surface area contributed by atoms with Crippen LogP contribution in [0, 0.1) is 0 Å². The number of aryl methyl sites for hydroxylation is 2. The minimum Gasteiger partial charge on any atom is -0.310 e. The molecule has 0 aliphatic carbocycles. The van der Waals surface area contributed by atoms with Gasteiger partial charge in [0.2, 0.25) is 5.91 Å². The smallest absolute Gasteiger partial charge is 0.229 e. The lowest BCUT2D eigenvalue weighted by atomic mass is 10.0. The third-order valence-electron chi connectivity index (χ3n) is 4.78. The first-order valence-electron chi connectivity index (χ1n) is 9.97. The number of amides is 1. The standard InChI is InChI=1S/C23H28N4O/c1-3-4-5-6-7-18-8-10-19(11-9-18)14-23(28)26-22-13-12-20(15-24-22)21-16-25-27(2)17-21/h8-13,15-17H,3-7,14H2,1-2H3,(H,24,26,28). The molecule has 0 fully saturated rings. The van der Waals surface area contributed by atoms with E-state index in [4.69, 9.17) is 0 Å². The Morgan fingerprint density at radius 1 is 0.964 bits per heavy atom. The maximum absolute atomic E-state index is 12.3. The molecule has 28 heavy (non-hydrogen) atoms. The van der Waals surface area contributed by atoms with Gasteiger partial charge in [0, 0.05) is 30.6 Å². The molecule has 0 bridgehead atoms. The van der Waals surface area contributed by atoms with Gasteiger partial charge in [-0.05, 0) is 36.1 Å². The minimum absolute atomic E-state index is 0.0580. The van der Waals surface area contributed by atoms with E-state index in [1.807, 2.05) is 37.5 Å². The van der Waals surface area contributed by atoms with Gasteiger partial charge in [0.25, 0.3) is 0 Å². The van der Waals surface area contributed by atoms with Crippen LogP contribution in [-0.2, 0) is 24.7 Å². The quantitative estimate of drug-likeness (QED) is 0.546. The molecule has 0 saturated carbocycles. The van der Waals surface area contributed by atoms with E-state index >= 15 is 0 Å². The van der Waals surface area contributed by atoms with Crippen molar-refractivity contribution in [2.24, 2.45) is 7.05 Å². The van der Waals surface area contributed by atoms with Gasteiger partial charge in [-0.25, -0.2) is 4.98 Å². The highest BCUT2D eigenvalue weighted by molar-refractivity contribution is 5.91. The summed E-state index contributed by atoms with van der Waals surface area (Å²) >= 11 is 0. The predicted molar refractivity (Wildman–Crippen MR) is 113 cm³/mol. The Bertz CT molecular complexity index is 882. The minimum atomic E-state index is -0.0580. The first-order chi connectivity index (χ1) is 13.6. The molecule has 0 spiro atoms. The Kier molecular flexibility index (Phi) is 6.95. The first-order valence-corrected chi connectivity index (χ1v) is 9.97. The molecule has 3 aromatic rings. The number of aromatic nitrogens is 3. The van der Waals surface area contributed by atoms with Gasteiger partial charge in [-0.2, -0.15) is 5.10 Å². The third kappa shape index (κ3) is 5.78. The number of benzene rings is 1. The summed E-state index contributed by atoms with van der Waals surface area (Å²) in [5.41, 5.74) is 4.33. The molecule has 5 nitrogen and oxygen atoms in total. The molecule has 0 saturated heterocycles. The molecular formula is C23H28N4O. The fourth-order valence-electron chi connectivity index (χ4n) is 3.16. The lowest BCUT2D eigenvalue weighted by Gasteiger charge is -2.07. The number of carbonyl (C=O) groups excluding carboxylic acids is 1. The summed E-state index contributed by atoms with van der Waals surface area (Å²) in [7, 11) is 1.88. The maximum Gasteiger partial charge on any atom is 0.229 e. The average Bonchev–Trinajstić information content (AvgIpc) is 3.13. The summed E-state index contributed by atoms with van der Waals surface area (Å²) in [6.07, 6.45) is 12.0. The van der Waals surface area contributed by atoms with E-state index in [0.29, 0.717) is 12.2 Å². The summed E-state index contributed by atoms with van der Waals surface area (Å²) in [4.78, 5) is 16.6. The summed E-state index contributed by atoms with van der Waals surface area (Å²) < 4.78 is 1.75. The van der Waals surface area contributed by atoms with Gasteiger partial charge >= 0.3 is 0 Å². The number of unbranched alkanes of at least 4 members (excludes halogenated alkanes) is 3. The van der Waals surface area contributed by atoms with Gasteiger partial charge in [-0.3, -0.25) is 9.48 Å². The van der Waals surface area contributed by atoms with Crippen molar-refractivity contribution in [1.82, 2.24) is 14.8 Å². The normalized spacial score (nSPS) is 10.8. The largest absolute Gasteiger partial charge is 0.310 e. The molecule has 2 aromatic heterocycles. The van der Waals surface area contributed by atoms with Crippen LogP contribution in [0.2, 0.25) is 0 Å². The van der Waals surface area contributed by atoms with E-state index in [9.17, 15) is 4.79 Å². The van der Waals surface area contributed by atoms with E-state index in [1.54, 1.807) is 17.1 Å². The van der Waals surface area contributed by atoms with Crippen LogP contribution in [0.5, 0.6) is 0 Å². The van der Waals surface area contributed by atoms with Gasteiger partial charge in [0.15, 0.2) is 0 Å². The lowest BCUT2D eigenvalue weighted by Crippen LogP contribution is -2.15. The molecule has 3 rings (SSSR count). The van der Waals surface area contributed by atoms with Crippen molar-refractivity contribution in [2.45, 2.75) is 45.4 Å². The SMILES string of the molecule is CCCCCCc1ccc(CC(=O)Nc2ccc(-c3cnn(C)c3)cn2)cc1. The zero-order chi connectivity index (χ0) is 19.8. The highest BCUT2D eigenvalue weighted by Gasteiger charge is 2.07. The first kappa shape index (κ1) is 19.8. The number of carbonyl (C=O) groups is 1. The van der Waals surface area contributed by atoms with Crippen molar-refractivity contribution in [2.75, 3.05) is 5.32 Å². The van der Waals surface area contributed by atoms with Crippen LogP contribution >= 0.6 is 0 Å². The van der Waals surface area contributed by atoms with Gasteiger partial charge in [-0.15, -0.1) is 0 Å². The van der Waals surface area contributed by atoms with Crippen molar-refractivity contribution in [3.05, 3.63) is 66.1 Å². The Hall–Kier alpha value is -2.95. The maximum atomic E-state index is 12.3. The molecule has 0 aliphatic rings. The molecule has 1 N–H and O–H groups in total. The van der Waals surface area contributed by atoms with Crippen molar-refractivity contribution >= 4 is 11.7 Å². The second-order valence-corrected chi connectivity index (χ2v) is 7.19. The van der Waals surface area contributed by atoms with E-state index in [2.05, 4.69) is 34.5 Å². The molecule has 5 heteroatoms. The molecule has 0 aliphatic heterocycles. The molecular weight excluding hydrogens is 348 g/mol. The second kappa shape index (κ2) is 9.83. The number of anilines is 1. The van der Waals surface area contributed by atoms with Crippen LogP contribution in [0.4, 0.5) is 5.82 Å². The number of hydrogen-bond donors (Lipinski definition) is 1. The van der Waals surface area contributed by atoms with Gasteiger partial charge < -0.3 is 5.32 Å². The van der Waals surface area contributed by atoms with Crippen molar-refractivity contribution < 1.29 is 4.79 Å². The number of pyridine rings is 1. The molecule has 0 unspecified atom stereocenters. The molecule has 0 radical (unpaired) electrons. The van der Waals surface area contributed by atoms with Crippen molar-refractivity contribution in [1.29, 1.82) is 0 Å². The van der Waals surface area contributed by atoms with Crippen molar-refractivity contribution in [3.63, 3.8) is 0 Å². The van der Waals surface area contributed by atoms with Crippen LogP contribution in [0.3, 0.4) is 0 Å². The van der Waals surface area contributed by atoms with Crippen molar-refractivity contribution in [3.8, 4) is 11.1 Å². The van der Waals surface area contributed by atoms with Crippen LogP contribution in [0.25, 0.3) is 11.1 Å². The third-order valence-corrected chi connectivity index (χ3v) is 4.78. The van der Waals surface area contributed by atoms with E-state index in [1.165, 1.54) is 31.2 Å². The Morgan fingerprint density at radius 3 is 2.39 bits per heavy atom. The summed E-state index contributed by atoms with van der Waals surface area (Å²) in [6.45, 7) is 2.23. The fourth-order valence-corrected chi connectivity index (χ4v) is 3.16. The molecule has 0 atom stereocenters. The summed E-state index contributed by atoms with van der Waals surface area (Å²) in [5, 5.41) is 7.03. The zero-order valence-corrected chi connectivity index (χ0v) is 16.7. The van der Waals surface area contributed by atoms with E-state index < -0.39 is 0 Å². The van der Waals surface area contributed by atoms with Gasteiger partial charge in [-0.1, -0.05) is 50.5 Å². The molecule has 146 valence electrons. The number of nitrogens with one attached hydrogen (secondary N) is 1. The molecule has 1 amide bonds. The molecule has 1 aromatic carbocycles. The Morgan fingerprint density at radius 2 is 1.75 bits per heavy atom. The van der Waals surface area contributed by atoms with Gasteiger partial charge in [0.1, 0.15) is 5.82 Å². The number of nitrogens with zero attached hydrogens (tertiary/aromatic N) is 3. The van der Waals surface area contributed by atoms with Gasteiger partial charge in [0.05, 0.1) is 12.6 Å². The Labute approximate surface area is 166 Å². The highest BCUT2D eigenvalue weighted by atomic mass is 16.1. The van der Waals surface area contributed by atoms with Crippen LogP contribution < -0.4 is 5.32 Å². The number of hydrogen-bond acceptors (Lipinski definition) is 3. The van der Waals surface area contributed by atoms with E-state index in [-0.39, 0.29) is 5.91 Å². The zero-order valence-electron chi connectivity index (χ0n) is 16.7.